The van der Waals surface area contributed by atoms with E-state index in [1.54, 1.807) is 0 Å². The molecule has 0 saturated heterocycles. The molecule has 0 fully saturated rings. The summed E-state index contributed by atoms with van der Waals surface area (Å²) in [5.41, 5.74) is 8.57. The zero-order valence-corrected chi connectivity index (χ0v) is 19.7. The second-order valence-corrected chi connectivity index (χ2v) is 9.64. The summed E-state index contributed by atoms with van der Waals surface area (Å²) in [6.07, 6.45) is 2.12. The molecule has 0 saturated carbocycles. The van der Waals surface area contributed by atoms with E-state index in [-0.39, 0.29) is 5.41 Å². The summed E-state index contributed by atoms with van der Waals surface area (Å²) in [5, 5.41) is 10.6. The zero-order valence-electron chi connectivity index (χ0n) is 19.7. The second kappa shape index (κ2) is 7.28. The Bertz CT molecular complexity index is 1710. The molecule has 4 nitrogen and oxygen atoms in total. The second-order valence-electron chi connectivity index (χ2n) is 9.64. The summed E-state index contributed by atoms with van der Waals surface area (Å²) >= 11 is 0. The summed E-state index contributed by atoms with van der Waals surface area (Å²) in [7, 11) is 0. The number of aromatic nitrogens is 4. The highest BCUT2D eigenvalue weighted by Gasteiger charge is 2.36. The first kappa shape index (κ1) is 20.0. The Morgan fingerprint density at radius 3 is 2.17 bits per heavy atom. The Kier molecular flexibility index (Phi) is 4.15. The highest BCUT2D eigenvalue weighted by Crippen LogP contribution is 2.51. The molecule has 0 spiro atoms. The van der Waals surface area contributed by atoms with E-state index in [0.717, 1.165) is 28.5 Å². The fraction of sp³-hybridized carbons (Fsp3) is 0.0968. The molecule has 0 bridgehead atoms. The average molecular weight is 453 g/mol. The molecule has 6 aromatic rings. The van der Waals surface area contributed by atoms with E-state index in [4.69, 9.17) is 5.10 Å². The average Bonchev–Trinajstić information content (AvgIpc) is 3.58. The number of fused-ring (bicyclic) bond motifs is 5. The maximum absolute atomic E-state index is 4.70. The van der Waals surface area contributed by atoms with E-state index in [0.29, 0.717) is 0 Å². The van der Waals surface area contributed by atoms with Crippen LogP contribution >= 0.6 is 0 Å². The van der Waals surface area contributed by atoms with E-state index in [1.807, 2.05) is 36.4 Å². The van der Waals surface area contributed by atoms with Crippen LogP contribution < -0.4 is 0 Å². The lowest BCUT2D eigenvalue weighted by Gasteiger charge is -2.21. The Balaban J connectivity index is 1.50. The van der Waals surface area contributed by atoms with Crippen molar-refractivity contribution in [1.82, 2.24) is 19.3 Å². The van der Waals surface area contributed by atoms with Crippen molar-refractivity contribution in [2.75, 3.05) is 0 Å². The Morgan fingerprint density at radius 1 is 0.657 bits per heavy atom. The van der Waals surface area contributed by atoms with Crippen LogP contribution in [-0.4, -0.2) is 19.3 Å². The maximum atomic E-state index is 4.70. The fourth-order valence-electron chi connectivity index (χ4n) is 5.61. The molecule has 35 heavy (non-hydrogen) atoms. The third kappa shape index (κ3) is 2.80. The topological polar surface area (TPSA) is 35.6 Å². The van der Waals surface area contributed by atoms with Crippen LogP contribution in [0.3, 0.4) is 0 Å². The summed E-state index contributed by atoms with van der Waals surface area (Å²) in [6.45, 7) is 4.64. The zero-order chi connectivity index (χ0) is 23.6. The van der Waals surface area contributed by atoms with E-state index in [9.17, 15) is 0 Å². The standard InChI is InChI=1S/C31H24N4/c1-31(2)25-16-10-9-15-23(25)28-24-19-20-34(27(24)18-17-26(28)31)30-33-32-29(21-11-5-3-6-12-21)35(30)22-13-7-4-8-14-22/h3-20H,1-2H3. The number of para-hydroxylation sites is 1. The van der Waals surface area contributed by atoms with Crippen LogP contribution in [0.4, 0.5) is 0 Å². The van der Waals surface area contributed by atoms with E-state index >= 15 is 0 Å². The number of benzene rings is 4. The van der Waals surface area contributed by atoms with Crippen LogP contribution in [0.2, 0.25) is 0 Å². The number of nitrogens with zero attached hydrogens (tertiary/aromatic N) is 4. The Hall–Kier alpha value is -4.44. The third-order valence-electron chi connectivity index (χ3n) is 7.32. The van der Waals surface area contributed by atoms with Gasteiger partial charge in [-0.3, -0.25) is 9.13 Å². The van der Waals surface area contributed by atoms with Gasteiger partial charge in [0.05, 0.1) is 11.2 Å². The van der Waals surface area contributed by atoms with Gasteiger partial charge in [-0.2, -0.15) is 0 Å². The highest BCUT2D eigenvalue weighted by atomic mass is 15.4. The van der Waals surface area contributed by atoms with Crippen molar-refractivity contribution >= 4 is 10.9 Å². The van der Waals surface area contributed by atoms with Crippen molar-refractivity contribution < 1.29 is 0 Å². The lowest BCUT2D eigenvalue weighted by Crippen LogP contribution is -2.14. The van der Waals surface area contributed by atoms with Crippen molar-refractivity contribution in [3.05, 3.63) is 120 Å². The van der Waals surface area contributed by atoms with Crippen LogP contribution in [0.1, 0.15) is 25.0 Å². The van der Waals surface area contributed by atoms with E-state index < -0.39 is 0 Å². The molecule has 0 radical (unpaired) electrons. The van der Waals surface area contributed by atoms with Crippen molar-refractivity contribution in [1.29, 1.82) is 0 Å². The third-order valence-corrected chi connectivity index (χ3v) is 7.32. The molecule has 0 amide bonds. The van der Waals surface area contributed by atoms with Gasteiger partial charge >= 0.3 is 0 Å². The van der Waals surface area contributed by atoms with Crippen molar-refractivity contribution in [2.45, 2.75) is 19.3 Å². The van der Waals surface area contributed by atoms with Gasteiger partial charge in [0, 0.05) is 22.6 Å². The molecule has 168 valence electrons. The maximum Gasteiger partial charge on any atom is 0.240 e. The van der Waals surface area contributed by atoms with Crippen LogP contribution in [0.5, 0.6) is 0 Å². The number of hydrogen-bond acceptors (Lipinski definition) is 2. The van der Waals surface area contributed by atoms with Gasteiger partial charge in [-0.15, -0.1) is 10.2 Å². The van der Waals surface area contributed by atoms with Gasteiger partial charge in [-0.1, -0.05) is 92.7 Å². The summed E-state index contributed by atoms with van der Waals surface area (Å²) in [5.74, 6) is 1.59. The summed E-state index contributed by atoms with van der Waals surface area (Å²) in [4.78, 5) is 0. The molecular formula is C31H24N4. The van der Waals surface area contributed by atoms with Gasteiger partial charge in [0.25, 0.3) is 0 Å². The lowest BCUT2D eigenvalue weighted by atomic mass is 9.82. The molecule has 7 rings (SSSR count). The predicted molar refractivity (Wildman–Crippen MR) is 141 cm³/mol. The van der Waals surface area contributed by atoms with Gasteiger partial charge in [-0.05, 0) is 46.5 Å². The molecule has 4 aromatic carbocycles. The molecule has 4 heteroatoms. The lowest BCUT2D eigenvalue weighted by molar-refractivity contribution is 0.661. The number of hydrogen-bond donors (Lipinski definition) is 0. The minimum absolute atomic E-state index is 0.0211. The monoisotopic (exact) mass is 452 g/mol. The molecule has 0 unspecified atom stereocenters. The van der Waals surface area contributed by atoms with Gasteiger partial charge < -0.3 is 0 Å². The SMILES string of the molecule is CC1(C)c2ccccc2-c2c1ccc1c2ccn1-c1nnc(-c2ccccc2)n1-c1ccccc1. The van der Waals surface area contributed by atoms with E-state index in [1.165, 1.54) is 27.6 Å². The van der Waals surface area contributed by atoms with E-state index in [2.05, 4.69) is 101 Å². The van der Waals surface area contributed by atoms with Crippen molar-refractivity contribution in [2.24, 2.45) is 0 Å². The molecule has 2 aromatic heterocycles. The van der Waals surface area contributed by atoms with Crippen LogP contribution in [0, 0.1) is 0 Å². The Labute approximate surface area is 204 Å². The van der Waals surface area contributed by atoms with Crippen molar-refractivity contribution in [3.63, 3.8) is 0 Å². The first-order valence-electron chi connectivity index (χ1n) is 12.0. The first-order valence-corrected chi connectivity index (χ1v) is 12.0. The minimum atomic E-state index is -0.0211. The van der Waals surface area contributed by atoms with Gasteiger partial charge in [0.1, 0.15) is 0 Å². The largest absolute Gasteiger partial charge is 0.285 e. The van der Waals surface area contributed by atoms with Crippen LogP contribution in [0.15, 0.2) is 109 Å². The van der Waals surface area contributed by atoms with Crippen LogP contribution in [0.25, 0.3) is 45.1 Å². The molecular weight excluding hydrogens is 428 g/mol. The smallest absolute Gasteiger partial charge is 0.240 e. The predicted octanol–water partition coefficient (Wildman–Crippen LogP) is 7.18. The van der Waals surface area contributed by atoms with Gasteiger partial charge in [0.15, 0.2) is 5.82 Å². The minimum Gasteiger partial charge on any atom is -0.285 e. The molecule has 1 aliphatic rings. The molecule has 0 aliphatic heterocycles. The summed E-state index contributed by atoms with van der Waals surface area (Å²) < 4.78 is 4.30. The quantitative estimate of drug-likeness (QED) is 0.285. The van der Waals surface area contributed by atoms with Gasteiger partial charge in [-0.25, -0.2) is 0 Å². The Morgan fingerprint density at radius 2 is 1.37 bits per heavy atom. The van der Waals surface area contributed by atoms with Crippen LogP contribution in [-0.2, 0) is 5.41 Å². The van der Waals surface area contributed by atoms with Gasteiger partial charge in [0.2, 0.25) is 5.95 Å². The molecule has 2 heterocycles. The van der Waals surface area contributed by atoms with Crippen molar-refractivity contribution in [3.8, 4) is 34.2 Å². The normalized spacial score (nSPS) is 13.7. The molecule has 0 atom stereocenters. The molecule has 1 aliphatic carbocycles. The highest BCUT2D eigenvalue weighted by molar-refractivity contribution is 6.02. The first-order chi connectivity index (χ1) is 17.1. The molecule has 0 N–H and O–H groups in total. The fourth-order valence-corrected chi connectivity index (χ4v) is 5.61. The summed E-state index contributed by atoms with van der Waals surface area (Å²) in [6, 6.07) is 36.1. The number of rotatable bonds is 3.